The minimum absolute atomic E-state index is 0.213. The monoisotopic (exact) mass is 218 g/mol. The second kappa shape index (κ2) is 8.23. The van der Waals surface area contributed by atoms with Crippen molar-refractivity contribution in [1.29, 1.82) is 0 Å². The zero-order chi connectivity index (χ0) is 11.7. The number of rotatable bonds is 7. The van der Waals surface area contributed by atoms with Crippen LogP contribution in [-0.4, -0.2) is 36.4 Å². The standard InChI is InChI=1S/C10H18O5/c1-3-14-9(12)7-5-6-8(11)10(13)15-4-2/h8,11H,3-7H2,1-2H3/t8-/m1/s1. The van der Waals surface area contributed by atoms with Gasteiger partial charge >= 0.3 is 11.9 Å². The van der Waals surface area contributed by atoms with Gasteiger partial charge in [0.05, 0.1) is 13.2 Å². The van der Waals surface area contributed by atoms with E-state index < -0.39 is 12.1 Å². The number of aliphatic hydroxyl groups is 1. The van der Waals surface area contributed by atoms with Gasteiger partial charge in [-0.25, -0.2) is 4.79 Å². The summed E-state index contributed by atoms with van der Waals surface area (Å²) >= 11 is 0. The molecule has 0 radical (unpaired) electrons. The summed E-state index contributed by atoms with van der Waals surface area (Å²) in [5.41, 5.74) is 0. The van der Waals surface area contributed by atoms with Crippen LogP contribution >= 0.6 is 0 Å². The molecule has 0 unspecified atom stereocenters. The maximum absolute atomic E-state index is 11.0. The van der Waals surface area contributed by atoms with Crippen molar-refractivity contribution in [2.45, 2.75) is 39.2 Å². The Morgan fingerprint density at radius 3 is 2.33 bits per heavy atom. The lowest BCUT2D eigenvalue weighted by atomic mass is 10.1. The Balaban J connectivity index is 3.58. The minimum atomic E-state index is -1.14. The smallest absolute Gasteiger partial charge is 0.334 e. The summed E-state index contributed by atoms with van der Waals surface area (Å²) in [5.74, 6) is -0.949. The summed E-state index contributed by atoms with van der Waals surface area (Å²) in [6.45, 7) is 3.99. The highest BCUT2D eigenvalue weighted by atomic mass is 16.5. The second-order valence-electron chi connectivity index (χ2n) is 2.97. The van der Waals surface area contributed by atoms with Crippen LogP contribution in [0.4, 0.5) is 0 Å². The predicted octanol–water partition coefficient (Wildman–Crippen LogP) is 0.644. The lowest BCUT2D eigenvalue weighted by molar-refractivity contribution is -0.154. The molecule has 0 rings (SSSR count). The van der Waals surface area contributed by atoms with Gasteiger partial charge in [0.1, 0.15) is 0 Å². The number of ether oxygens (including phenoxy) is 2. The Labute approximate surface area is 89.4 Å². The maximum Gasteiger partial charge on any atom is 0.334 e. The van der Waals surface area contributed by atoms with Crippen molar-refractivity contribution in [3.05, 3.63) is 0 Å². The quantitative estimate of drug-likeness (QED) is 0.635. The molecule has 5 nitrogen and oxygen atoms in total. The molecule has 15 heavy (non-hydrogen) atoms. The largest absolute Gasteiger partial charge is 0.466 e. The zero-order valence-electron chi connectivity index (χ0n) is 9.19. The molecule has 0 saturated heterocycles. The number of esters is 2. The van der Waals surface area contributed by atoms with Gasteiger partial charge in [-0.1, -0.05) is 0 Å². The summed E-state index contributed by atoms with van der Waals surface area (Å²) in [4.78, 5) is 21.9. The Hall–Kier alpha value is -1.10. The SMILES string of the molecule is CCOC(=O)CCC[C@@H](O)C(=O)OCC. The summed E-state index contributed by atoms with van der Waals surface area (Å²) in [7, 11) is 0. The van der Waals surface area contributed by atoms with E-state index in [1.54, 1.807) is 13.8 Å². The van der Waals surface area contributed by atoms with Gasteiger partial charge in [-0.3, -0.25) is 4.79 Å². The first-order valence-corrected chi connectivity index (χ1v) is 5.12. The van der Waals surface area contributed by atoms with Gasteiger partial charge in [0.2, 0.25) is 0 Å². The fourth-order valence-electron chi connectivity index (χ4n) is 1.03. The predicted molar refractivity (Wildman–Crippen MR) is 53.1 cm³/mol. The first kappa shape index (κ1) is 13.9. The summed E-state index contributed by atoms with van der Waals surface area (Å²) < 4.78 is 9.30. The third-order valence-electron chi connectivity index (χ3n) is 1.72. The van der Waals surface area contributed by atoms with E-state index in [-0.39, 0.29) is 25.4 Å². The molecule has 5 heteroatoms. The van der Waals surface area contributed by atoms with E-state index in [1.807, 2.05) is 0 Å². The summed E-state index contributed by atoms with van der Waals surface area (Å²) in [5, 5.41) is 9.26. The van der Waals surface area contributed by atoms with E-state index in [9.17, 15) is 14.7 Å². The molecule has 0 aliphatic rings. The van der Waals surface area contributed by atoms with Gasteiger partial charge in [-0.05, 0) is 26.7 Å². The van der Waals surface area contributed by atoms with E-state index >= 15 is 0 Å². The Kier molecular flexibility index (Phi) is 7.62. The highest BCUT2D eigenvalue weighted by Gasteiger charge is 2.16. The Bertz CT molecular complexity index is 202. The normalized spacial score (nSPS) is 11.9. The van der Waals surface area contributed by atoms with Crippen LogP contribution in [0, 0.1) is 0 Å². The molecule has 0 fully saturated rings. The third kappa shape index (κ3) is 6.90. The average molecular weight is 218 g/mol. The number of carbonyl (C=O) groups is 2. The van der Waals surface area contributed by atoms with Crippen molar-refractivity contribution < 1.29 is 24.2 Å². The molecular weight excluding hydrogens is 200 g/mol. The van der Waals surface area contributed by atoms with Crippen molar-refractivity contribution in [3.8, 4) is 0 Å². The molecule has 1 atom stereocenters. The molecule has 0 amide bonds. The molecule has 0 aliphatic heterocycles. The number of hydrogen-bond donors (Lipinski definition) is 1. The molecule has 0 aromatic rings. The number of hydrogen-bond acceptors (Lipinski definition) is 5. The van der Waals surface area contributed by atoms with Gasteiger partial charge in [0, 0.05) is 6.42 Å². The lowest BCUT2D eigenvalue weighted by Crippen LogP contribution is -2.23. The fraction of sp³-hybridized carbons (Fsp3) is 0.800. The lowest BCUT2D eigenvalue weighted by Gasteiger charge is -2.08. The molecule has 0 saturated carbocycles. The van der Waals surface area contributed by atoms with Gasteiger partial charge in [0.25, 0.3) is 0 Å². The van der Waals surface area contributed by atoms with Crippen molar-refractivity contribution in [3.63, 3.8) is 0 Å². The molecule has 0 heterocycles. The average Bonchev–Trinajstić information content (AvgIpc) is 2.18. The van der Waals surface area contributed by atoms with Crippen LogP contribution in [-0.2, 0) is 19.1 Å². The van der Waals surface area contributed by atoms with Crippen molar-refractivity contribution in [2.75, 3.05) is 13.2 Å². The minimum Gasteiger partial charge on any atom is -0.466 e. The molecule has 0 aliphatic carbocycles. The van der Waals surface area contributed by atoms with Crippen LogP contribution in [0.1, 0.15) is 33.1 Å². The third-order valence-corrected chi connectivity index (χ3v) is 1.72. The first-order valence-electron chi connectivity index (χ1n) is 5.12. The van der Waals surface area contributed by atoms with Crippen molar-refractivity contribution in [1.82, 2.24) is 0 Å². The van der Waals surface area contributed by atoms with E-state index in [0.29, 0.717) is 13.0 Å². The van der Waals surface area contributed by atoms with Crippen LogP contribution in [0.2, 0.25) is 0 Å². The zero-order valence-corrected chi connectivity index (χ0v) is 9.19. The van der Waals surface area contributed by atoms with Gasteiger partial charge in [-0.15, -0.1) is 0 Å². The summed E-state index contributed by atoms with van der Waals surface area (Å²) in [6.07, 6.45) is -0.291. The highest BCUT2D eigenvalue weighted by molar-refractivity contribution is 5.74. The van der Waals surface area contributed by atoms with E-state index in [0.717, 1.165) is 0 Å². The molecule has 0 bridgehead atoms. The second-order valence-corrected chi connectivity index (χ2v) is 2.97. The topological polar surface area (TPSA) is 72.8 Å². The molecule has 0 spiro atoms. The Morgan fingerprint density at radius 1 is 1.20 bits per heavy atom. The van der Waals surface area contributed by atoms with Crippen LogP contribution in [0.25, 0.3) is 0 Å². The van der Waals surface area contributed by atoms with Crippen LogP contribution in [0.3, 0.4) is 0 Å². The van der Waals surface area contributed by atoms with Crippen molar-refractivity contribution >= 4 is 11.9 Å². The first-order chi connectivity index (χ1) is 7.11. The fourth-order valence-corrected chi connectivity index (χ4v) is 1.03. The highest BCUT2D eigenvalue weighted by Crippen LogP contribution is 2.04. The van der Waals surface area contributed by atoms with E-state index in [2.05, 4.69) is 4.74 Å². The Morgan fingerprint density at radius 2 is 1.80 bits per heavy atom. The van der Waals surface area contributed by atoms with Gasteiger partial charge in [-0.2, -0.15) is 0 Å². The molecule has 0 aromatic heterocycles. The van der Waals surface area contributed by atoms with Gasteiger partial charge < -0.3 is 14.6 Å². The summed E-state index contributed by atoms with van der Waals surface area (Å²) in [6, 6.07) is 0. The van der Waals surface area contributed by atoms with Gasteiger partial charge in [0.15, 0.2) is 6.10 Å². The molecule has 1 N–H and O–H groups in total. The number of carbonyl (C=O) groups excluding carboxylic acids is 2. The van der Waals surface area contributed by atoms with Crippen LogP contribution < -0.4 is 0 Å². The van der Waals surface area contributed by atoms with E-state index in [1.165, 1.54) is 0 Å². The number of aliphatic hydroxyl groups excluding tert-OH is 1. The molecular formula is C10H18O5. The maximum atomic E-state index is 11.0. The van der Waals surface area contributed by atoms with E-state index in [4.69, 9.17) is 4.74 Å². The molecule has 88 valence electrons. The van der Waals surface area contributed by atoms with Crippen LogP contribution in [0.15, 0.2) is 0 Å². The van der Waals surface area contributed by atoms with Crippen molar-refractivity contribution in [2.24, 2.45) is 0 Å². The van der Waals surface area contributed by atoms with Crippen LogP contribution in [0.5, 0.6) is 0 Å². The molecule has 0 aromatic carbocycles.